The third kappa shape index (κ3) is 6.73. The molecule has 0 radical (unpaired) electrons. The van der Waals surface area contributed by atoms with Crippen LogP contribution in [0.25, 0.3) is 0 Å². The number of Topliss-reactive ketones (excluding diaryl/α,β-unsaturated/α-hetero) is 1. The number of aldehydes is 1. The lowest BCUT2D eigenvalue weighted by atomic mass is 10.2. The third-order valence-electron chi connectivity index (χ3n) is 1.30. The molecule has 5 nitrogen and oxygen atoms in total. The standard InChI is InChI=1S/C7H13N3O2/c8-7(9)10-4-2-1-3-6(12)5-11/h5H,1-4H2,(H4,8,9,10). The number of unbranched alkanes of at least 4 members (excludes halogenated alkanes) is 1. The van der Waals surface area contributed by atoms with Crippen LogP contribution in [0.4, 0.5) is 0 Å². The second-order valence-electron chi connectivity index (χ2n) is 2.38. The van der Waals surface area contributed by atoms with Gasteiger partial charge in [-0.05, 0) is 12.8 Å². The number of carbonyl (C=O) groups is 2. The van der Waals surface area contributed by atoms with Crippen molar-refractivity contribution in [2.45, 2.75) is 19.3 Å². The molecule has 0 saturated carbocycles. The Bertz CT molecular complexity index is 179. The molecule has 0 saturated heterocycles. The number of rotatable bonds is 6. The molecule has 68 valence electrons. The molecule has 0 aliphatic heterocycles. The molecule has 0 rings (SSSR count). The molecule has 0 aromatic carbocycles. The lowest BCUT2D eigenvalue weighted by Gasteiger charge is -2.01. The van der Waals surface area contributed by atoms with Gasteiger partial charge in [-0.1, -0.05) is 0 Å². The first-order chi connectivity index (χ1) is 5.66. The summed E-state index contributed by atoms with van der Waals surface area (Å²) in [6.45, 7) is 0.571. The Morgan fingerprint density at radius 1 is 1.50 bits per heavy atom. The van der Waals surface area contributed by atoms with Crippen LogP contribution in [0.2, 0.25) is 0 Å². The first-order valence-electron chi connectivity index (χ1n) is 3.72. The van der Waals surface area contributed by atoms with Gasteiger partial charge in [0.05, 0.1) is 0 Å². The van der Waals surface area contributed by atoms with Gasteiger partial charge in [0, 0.05) is 13.0 Å². The van der Waals surface area contributed by atoms with E-state index < -0.39 is 0 Å². The molecule has 0 aromatic heterocycles. The number of nitrogens with two attached hydrogens (primary N) is 1. The Morgan fingerprint density at radius 2 is 2.17 bits per heavy atom. The first-order valence-corrected chi connectivity index (χ1v) is 3.72. The second kappa shape index (κ2) is 6.33. The quantitative estimate of drug-likeness (QED) is 0.163. The van der Waals surface area contributed by atoms with Gasteiger partial charge in [-0.2, -0.15) is 0 Å². The van der Waals surface area contributed by atoms with Crippen LogP contribution in [-0.4, -0.2) is 24.6 Å². The molecule has 0 amide bonds. The highest BCUT2D eigenvalue weighted by Crippen LogP contribution is 1.93. The van der Waals surface area contributed by atoms with Gasteiger partial charge in [0.25, 0.3) is 0 Å². The third-order valence-corrected chi connectivity index (χ3v) is 1.30. The summed E-state index contributed by atoms with van der Waals surface area (Å²) in [6.07, 6.45) is 2.00. The lowest BCUT2D eigenvalue weighted by Crippen LogP contribution is -2.30. The van der Waals surface area contributed by atoms with E-state index in [1.807, 2.05) is 0 Å². The summed E-state index contributed by atoms with van der Waals surface area (Å²) in [5.41, 5.74) is 5.01. The number of hydrogen-bond donors (Lipinski definition) is 3. The minimum atomic E-state index is -0.377. The van der Waals surface area contributed by atoms with E-state index in [2.05, 4.69) is 5.32 Å². The topological polar surface area (TPSA) is 96.0 Å². The molecule has 0 atom stereocenters. The lowest BCUT2D eigenvalue weighted by molar-refractivity contribution is -0.129. The van der Waals surface area contributed by atoms with Crippen molar-refractivity contribution in [3.05, 3.63) is 0 Å². The number of ketones is 1. The Kier molecular flexibility index (Phi) is 5.60. The van der Waals surface area contributed by atoms with Crippen LogP contribution in [-0.2, 0) is 9.59 Å². The van der Waals surface area contributed by atoms with Gasteiger partial charge < -0.3 is 11.1 Å². The fourth-order valence-corrected chi connectivity index (χ4v) is 0.706. The summed E-state index contributed by atoms with van der Waals surface area (Å²) in [7, 11) is 0. The maximum atomic E-state index is 10.5. The summed E-state index contributed by atoms with van der Waals surface area (Å²) >= 11 is 0. The number of carbonyl (C=O) groups excluding carboxylic acids is 2. The molecule has 0 bridgehead atoms. The van der Waals surface area contributed by atoms with Crippen LogP contribution in [0.15, 0.2) is 0 Å². The normalized spacial score (nSPS) is 9.00. The van der Waals surface area contributed by atoms with Crippen LogP contribution in [0.5, 0.6) is 0 Å². The van der Waals surface area contributed by atoms with Crippen molar-refractivity contribution in [1.29, 1.82) is 5.41 Å². The maximum absolute atomic E-state index is 10.5. The average molecular weight is 171 g/mol. The fraction of sp³-hybridized carbons (Fsp3) is 0.571. The molecular weight excluding hydrogens is 158 g/mol. The largest absolute Gasteiger partial charge is 0.370 e. The van der Waals surface area contributed by atoms with Crippen LogP contribution in [0.1, 0.15) is 19.3 Å². The van der Waals surface area contributed by atoms with Crippen LogP contribution in [0, 0.1) is 5.41 Å². The molecule has 0 fully saturated rings. The number of hydrogen-bond acceptors (Lipinski definition) is 3. The fourth-order valence-electron chi connectivity index (χ4n) is 0.706. The van der Waals surface area contributed by atoms with E-state index in [4.69, 9.17) is 11.1 Å². The number of guanidine groups is 1. The Morgan fingerprint density at radius 3 is 2.67 bits per heavy atom. The van der Waals surface area contributed by atoms with E-state index in [0.29, 0.717) is 19.3 Å². The zero-order valence-corrected chi connectivity index (χ0v) is 6.80. The van der Waals surface area contributed by atoms with Crippen molar-refractivity contribution >= 4 is 18.0 Å². The molecule has 0 aromatic rings. The van der Waals surface area contributed by atoms with Crippen molar-refractivity contribution in [1.82, 2.24) is 5.32 Å². The van der Waals surface area contributed by atoms with Crippen molar-refractivity contribution in [2.75, 3.05) is 6.54 Å². The van der Waals surface area contributed by atoms with Crippen LogP contribution in [0.3, 0.4) is 0 Å². The van der Waals surface area contributed by atoms with E-state index in [1.54, 1.807) is 0 Å². The van der Waals surface area contributed by atoms with Gasteiger partial charge in [-0.15, -0.1) is 0 Å². The van der Waals surface area contributed by atoms with E-state index >= 15 is 0 Å². The molecule has 0 unspecified atom stereocenters. The molecule has 0 aliphatic rings. The van der Waals surface area contributed by atoms with Crippen molar-refractivity contribution in [3.8, 4) is 0 Å². The molecular formula is C7H13N3O2. The van der Waals surface area contributed by atoms with E-state index in [1.165, 1.54) is 0 Å². The minimum Gasteiger partial charge on any atom is -0.370 e. The molecule has 12 heavy (non-hydrogen) atoms. The summed E-state index contributed by atoms with van der Waals surface area (Å²) < 4.78 is 0. The monoisotopic (exact) mass is 171 g/mol. The zero-order chi connectivity index (χ0) is 9.40. The van der Waals surface area contributed by atoms with Gasteiger partial charge in [0.1, 0.15) is 0 Å². The van der Waals surface area contributed by atoms with Gasteiger partial charge in [-0.25, -0.2) is 0 Å². The van der Waals surface area contributed by atoms with E-state index in [9.17, 15) is 9.59 Å². The van der Waals surface area contributed by atoms with Gasteiger partial charge in [0.2, 0.25) is 0 Å². The average Bonchev–Trinajstić information content (AvgIpc) is 2.03. The Labute approximate surface area is 70.8 Å². The summed E-state index contributed by atoms with van der Waals surface area (Å²) in [5.74, 6) is -0.450. The van der Waals surface area contributed by atoms with Crippen molar-refractivity contribution in [2.24, 2.45) is 5.73 Å². The number of nitrogens with one attached hydrogen (secondary N) is 2. The smallest absolute Gasteiger partial charge is 0.195 e. The van der Waals surface area contributed by atoms with Crippen LogP contribution < -0.4 is 11.1 Å². The highest BCUT2D eigenvalue weighted by Gasteiger charge is 1.97. The highest BCUT2D eigenvalue weighted by molar-refractivity contribution is 6.24. The Hall–Kier alpha value is -1.39. The predicted octanol–water partition coefficient (Wildman–Crippen LogP) is -0.592. The first kappa shape index (κ1) is 10.6. The Balaban J connectivity index is 3.16. The predicted molar refractivity (Wildman–Crippen MR) is 44.8 cm³/mol. The van der Waals surface area contributed by atoms with E-state index in [-0.39, 0.29) is 18.2 Å². The summed E-state index contributed by atoms with van der Waals surface area (Å²) in [4.78, 5) is 20.3. The molecule has 5 heteroatoms. The van der Waals surface area contributed by atoms with Crippen molar-refractivity contribution in [3.63, 3.8) is 0 Å². The SMILES string of the molecule is N=C(N)NCCCCC(=O)C=O. The highest BCUT2D eigenvalue weighted by atomic mass is 16.2. The minimum absolute atomic E-state index is 0.0725. The van der Waals surface area contributed by atoms with Crippen molar-refractivity contribution < 1.29 is 9.59 Å². The van der Waals surface area contributed by atoms with E-state index in [0.717, 1.165) is 6.42 Å². The molecule has 0 aliphatic carbocycles. The maximum Gasteiger partial charge on any atom is 0.195 e. The molecule has 0 spiro atoms. The zero-order valence-electron chi connectivity index (χ0n) is 6.80. The molecule has 0 heterocycles. The second-order valence-corrected chi connectivity index (χ2v) is 2.38. The summed E-state index contributed by atoms with van der Waals surface area (Å²) in [6, 6.07) is 0. The van der Waals surface area contributed by atoms with Gasteiger partial charge in [0.15, 0.2) is 18.0 Å². The van der Waals surface area contributed by atoms with Crippen LogP contribution >= 0.6 is 0 Å². The summed E-state index contributed by atoms with van der Waals surface area (Å²) in [5, 5.41) is 9.39. The molecule has 4 N–H and O–H groups in total. The van der Waals surface area contributed by atoms with Gasteiger partial charge >= 0.3 is 0 Å². The van der Waals surface area contributed by atoms with Gasteiger partial charge in [-0.3, -0.25) is 15.0 Å².